The summed E-state index contributed by atoms with van der Waals surface area (Å²) in [6.45, 7) is 6.71. The smallest absolute Gasteiger partial charge is 0.122 e. The Morgan fingerprint density at radius 2 is 2.27 bits per heavy atom. The van der Waals surface area contributed by atoms with Crippen molar-refractivity contribution in [3.63, 3.8) is 0 Å². The average Bonchev–Trinajstić information content (AvgIpc) is 3.28. The van der Waals surface area contributed by atoms with Crippen LogP contribution < -0.4 is 0 Å². The zero-order valence-electron chi connectivity index (χ0n) is 15.6. The van der Waals surface area contributed by atoms with E-state index in [-0.39, 0.29) is 0 Å². The minimum atomic E-state index is 0.456. The molecule has 6 heteroatoms. The summed E-state index contributed by atoms with van der Waals surface area (Å²) in [5.74, 6) is 2.70. The molecule has 1 saturated heterocycles. The third-order valence-electron chi connectivity index (χ3n) is 5.33. The highest BCUT2D eigenvalue weighted by Crippen LogP contribution is 2.28. The number of rotatable bonds is 6. The number of nitrogens with one attached hydrogen (secondary N) is 1. The normalized spacial score (nSPS) is 18.6. The third kappa shape index (κ3) is 3.52. The molecule has 2 aromatic heterocycles. The van der Waals surface area contributed by atoms with Crippen LogP contribution >= 0.6 is 0 Å². The number of hydrogen-bond acceptors (Lipinski definition) is 4. The fraction of sp³-hybridized carbons (Fsp3) is 0.500. The summed E-state index contributed by atoms with van der Waals surface area (Å²) in [5, 5.41) is 0. The predicted molar refractivity (Wildman–Crippen MR) is 102 cm³/mol. The predicted octanol–water partition coefficient (Wildman–Crippen LogP) is 3.09. The van der Waals surface area contributed by atoms with Crippen LogP contribution in [0.5, 0.6) is 0 Å². The first kappa shape index (κ1) is 17.2. The molecule has 1 atom stereocenters. The summed E-state index contributed by atoms with van der Waals surface area (Å²) in [6.07, 6.45) is 6.30. The summed E-state index contributed by atoms with van der Waals surface area (Å²) in [4.78, 5) is 15.5. The summed E-state index contributed by atoms with van der Waals surface area (Å²) < 4.78 is 7.39. The molecule has 0 spiro atoms. The van der Waals surface area contributed by atoms with Gasteiger partial charge >= 0.3 is 0 Å². The highest BCUT2D eigenvalue weighted by atomic mass is 16.5. The number of likely N-dealkylation sites (tertiary alicyclic amines) is 1. The van der Waals surface area contributed by atoms with E-state index in [0.717, 1.165) is 48.9 Å². The Morgan fingerprint density at radius 3 is 3.12 bits per heavy atom. The zero-order chi connectivity index (χ0) is 17.9. The molecule has 1 N–H and O–H groups in total. The highest BCUT2D eigenvalue weighted by molar-refractivity contribution is 5.78. The lowest BCUT2D eigenvalue weighted by molar-refractivity contribution is 0.175. The van der Waals surface area contributed by atoms with E-state index >= 15 is 0 Å². The Kier molecular flexibility index (Phi) is 5.04. The van der Waals surface area contributed by atoms with Crippen LogP contribution in [0.15, 0.2) is 30.6 Å². The number of piperidine rings is 1. The van der Waals surface area contributed by atoms with Gasteiger partial charge in [-0.3, -0.25) is 4.90 Å². The Balaban J connectivity index is 1.47. The van der Waals surface area contributed by atoms with Crippen molar-refractivity contribution in [2.75, 3.05) is 26.8 Å². The quantitative estimate of drug-likeness (QED) is 0.740. The van der Waals surface area contributed by atoms with Crippen LogP contribution in [-0.4, -0.2) is 51.2 Å². The van der Waals surface area contributed by atoms with Gasteiger partial charge in [-0.25, -0.2) is 9.97 Å². The Morgan fingerprint density at radius 1 is 1.35 bits per heavy atom. The van der Waals surface area contributed by atoms with E-state index in [9.17, 15) is 0 Å². The number of fused-ring (bicyclic) bond motifs is 1. The van der Waals surface area contributed by atoms with Crippen molar-refractivity contribution in [1.82, 2.24) is 24.4 Å². The Labute approximate surface area is 154 Å². The van der Waals surface area contributed by atoms with Crippen LogP contribution in [0.25, 0.3) is 11.0 Å². The fourth-order valence-electron chi connectivity index (χ4n) is 3.90. The largest absolute Gasteiger partial charge is 0.383 e. The SMILES string of the molecule is COCCn1ccnc1CN1CCC[C@@H](c2nc3c(C)cccc3[nH]2)C1. The molecule has 0 saturated carbocycles. The number of aromatic amines is 1. The highest BCUT2D eigenvalue weighted by Gasteiger charge is 2.25. The van der Waals surface area contributed by atoms with Crippen LogP contribution in [0.3, 0.4) is 0 Å². The molecule has 0 unspecified atom stereocenters. The van der Waals surface area contributed by atoms with E-state index in [4.69, 9.17) is 9.72 Å². The van der Waals surface area contributed by atoms with Gasteiger partial charge in [-0.1, -0.05) is 12.1 Å². The molecule has 1 aliphatic rings. The number of imidazole rings is 2. The van der Waals surface area contributed by atoms with Crippen molar-refractivity contribution in [2.24, 2.45) is 0 Å². The van der Waals surface area contributed by atoms with Crippen LogP contribution in [0.4, 0.5) is 0 Å². The van der Waals surface area contributed by atoms with Crippen molar-refractivity contribution in [3.8, 4) is 0 Å². The van der Waals surface area contributed by atoms with Gasteiger partial charge < -0.3 is 14.3 Å². The first-order chi connectivity index (χ1) is 12.7. The minimum Gasteiger partial charge on any atom is -0.383 e. The molecule has 138 valence electrons. The van der Waals surface area contributed by atoms with Crippen molar-refractivity contribution in [3.05, 3.63) is 47.8 Å². The first-order valence-electron chi connectivity index (χ1n) is 9.41. The minimum absolute atomic E-state index is 0.456. The lowest BCUT2D eigenvalue weighted by Gasteiger charge is -2.31. The van der Waals surface area contributed by atoms with Crippen LogP contribution in [0.1, 0.15) is 36.0 Å². The molecule has 0 aliphatic carbocycles. The molecule has 0 bridgehead atoms. The number of aryl methyl sites for hydroxylation is 1. The second kappa shape index (κ2) is 7.60. The number of H-pyrrole nitrogens is 1. The van der Waals surface area contributed by atoms with Gasteiger partial charge in [0.05, 0.1) is 24.2 Å². The van der Waals surface area contributed by atoms with E-state index < -0.39 is 0 Å². The lowest BCUT2D eigenvalue weighted by atomic mass is 9.97. The molecule has 0 radical (unpaired) electrons. The van der Waals surface area contributed by atoms with Crippen molar-refractivity contribution < 1.29 is 4.74 Å². The molecule has 1 aromatic carbocycles. The molecular formula is C20H27N5O. The zero-order valence-corrected chi connectivity index (χ0v) is 15.6. The molecule has 0 amide bonds. The second-order valence-electron chi connectivity index (χ2n) is 7.20. The molecule has 6 nitrogen and oxygen atoms in total. The average molecular weight is 353 g/mol. The molecular weight excluding hydrogens is 326 g/mol. The second-order valence-corrected chi connectivity index (χ2v) is 7.20. The van der Waals surface area contributed by atoms with E-state index in [0.29, 0.717) is 12.5 Å². The van der Waals surface area contributed by atoms with Crippen LogP contribution in [-0.2, 0) is 17.8 Å². The fourth-order valence-corrected chi connectivity index (χ4v) is 3.90. The number of nitrogens with zero attached hydrogens (tertiary/aromatic N) is 4. The maximum absolute atomic E-state index is 5.20. The molecule has 1 aliphatic heterocycles. The van der Waals surface area contributed by atoms with Crippen LogP contribution in [0.2, 0.25) is 0 Å². The van der Waals surface area contributed by atoms with Crippen molar-refractivity contribution in [1.29, 1.82) is 0 Å². The van der Waals surface area contributed by atoms with Gasteiger partial charge in [-0.15, -0.1) is 0 Å². The van der Waals surface area contributed by atoms with Gasteiger partial charge in [0.25, 0.3) is 0 Å². The molecule has 3 aromatic rings. The Bertz CT molecular complexity index is 868. The molecule has 4 rings (SSSR count). The summed E-state index contributed by atoms with van der Waals surface area (Å²) in [7, 11) is 1.74. The van der Waals surface area contributed by atoms with Gasteiger partial charge in [0, 0.05) is 38.5 Å². The van der Waals surface area contributed by atoms with E-state index in [1.807, 2.05) is 12.4 Å². The van der Waals surface area contributed by atoms with E-state index in [2.05, 4.69) is 44.6 Å². The number of methoxy groups -OCH3 is 1. The van der Waals surface area contributed by atoms with Gasteiger partial charge in [0.1, 0.15) is 11.6 Å². The van der Waals surface area contributed by atoms with Gasteiger partial charge in [0.15, 0.2) is 0 Å². The van der Waals surface area contributed by atoms with E-state index in [1.54, 1.807) is 7.11 Å². The van der Waals surface area contributed by atoms with Crippen molar-refractivity contribution in [2.45, 2.75) is 38.8 Å². The summed E-state index contributed by atoms with van der Waals surface area (Å²) in [5.41, 5.74) is 3.49. The molecule has 1 fully saturated rings. The number of aromatic nitrogens is 4. The number of ether oxygens (including phenoxy) is 1. The first-order valence-corrected chi connectivity index (χ1v) is 9.41. The number of benzene rings is 1. The third-order valence-corrected chi connectivity index (χ3v) is 5.33. The number of para-hydroxylation sites is 1. The monoisotopic (exact) mass is 353 g/mol. The van der Waals surface area contributed by atoms with Gasteiger partial charge in [-0.05, 0) is 37.9 Å². The maximum atomic E-state index is 5.20. The standard InChI is InChI=1S/C20H27N5O/c1-15-5-3-7-17-19(15)23-20(22-17)16-6-4-9-24(13-16)14-18-21-8-10-25(18)11-12-26-2/h3,5,7-8,10,16H,4,6,9,11-14H2,1-2H3,(H,22,23)/t16-/m1/s1. The van der Waals surface area contributed by atoms with Crippen LogP contribution in [0, 0.1) is 6.92 Å². The topological polar surface area (TPSA) is 59.0 Å². The lowest BCUT2D eigenvalue weighted by Crippen LogP contribution is -2.35. The molecule has 26 heavy (non-hydrogen) atoms. The molecule has 3 heterocycles. The Hall–Kier alpha value is -2.18. The van der Waals surface area contributed by atoms with Gasteiger partial charge in [-0.2, -0.15) is 0 Å². The summed E-state index contributed by atoms with van der Waals surface area (Å²) >= 11 is 0. The van der Waals surface area contributed by atoms with Gasteiger partial charge in [0.2, 0.25) is 0 Å². The maximum Gasteiger partial charge on any atom is 0.122 e. The van der Waals surface area contributed by atoms with Crippen molar-refractivity contribution >= 4 is 11.0 Å². The number of hydrogen-bond donors (Lipinski definition) is 1. The van der Waals surface area contributed by atoms with E-state index in [1.165, 1.54) is 18.4 Å². The summed E-state index contributed by atoms with van der Waals surface area (Å²) in [6, 6.07) is 6.33.